The number of amides is 2. The Labute approximate surface area is 173 Å². The molecule has 1 spiro atoms. The first-order valence-corrected chi connectivity index (χ1v) is 11.1. The molecule has 29 heavy (non-hydrogen) atoms. The summed E-state index contributed by atoms with van der Waals surface area (Å²) in [6.45, 7) is 8.56. The zero-order valence-corrected chi connectivity index (χ0v) is 17.7. The molecule has 0 atom stereocenters. The summed E-state index contributed by atoms with van der Waals surface area (Å²) in [5.41, 5.74) is 2.67. The van der Waals surface area contributed by atoms with Gasteiger partial charge in [-0.05, 0) is 63.7 Å². The van der Waals surface area contributed by atoms with Crippen LogP contribution < -0.4 is 4.90 Å². The van der Waals surface area contributed by atoms with E-state index in [0.29, 0.717) is 12.6 Å². The van der Waals surface area contributed by atoms with Gasteiger partial charge in [-0.25, -0.2) is 4.79 Å². The van der Waals surface area contributed by atoms with Crippen molar-refractivity contribution in [2.45, 2.75) is 57.4 Å². The lowest BCUT2D eigenvalue weighted by Gasteiger charge is -2.50. The van der Waals surface area contributed by atoms with E-state index in [-0.39, 0.29) is 17.4 Å². The third kappa shape index (κ3) is 3.87. The quantitative estimate of drug-likeness (QED) is 0.765. The van der Waals surface area contributed by atoms with Crippen molar-refractivity contribution in [2.75, 3.05) is 44.2 Å². The highest BCUT2D eigenvalue weighted by Gasteiger charge is 2.43. The van der Waals surface area contributed by atoms with Crippen LogP contribution in [0, 0.1) is 0 Å². The van der Waals surface area contributed by atoms with E-state index in [1.807, 2.05) is 22.8 Å². The van der Waals surface area contributed by atoms with Crippen LogP contribution in [0.2, 0.25) is 0 Å². The molecule has 1 aromatic rings. The van der Waals surface area contributed by atoms with Crippen LogP contribution in [0.1, 0.15) is 51.5 Å². The fraction of sp³-hybridized carbons (Fsp3) is 0.652. The largest absolute Gasteiger partial charge is 0.450 e. The number of likely N-dealkylation sites (tertiary alicyclic amines) is 2. The zero-order chi connectivity index (χ0) is 20.4. The van der Waals surface area contributed by atoms with E-state index in [4.69, 9.17) is 4.74 Å². The Balaban J connectivity index is 1.39. The molecule has 6 nitrogen and oxygen atoms in total. The maximum atomic E-state index is 12.1. The van der Waals surface area contributed by atoms with Crippen LogP contribution >= 0.6 is 0 Å². The monoisotopic (exact) mass is 399 g/mol. The minimum atomic E-state index is -0.169. The Bertz CT molecular complexity index is 749. The van der Waals surface area contributed by atoms with Gasteiger partial charge in [0.15, 0.2) is 0 Å². The molecule has 2 fully saturated rings. The van der Waals surface area contributed by atoms with Crippen molar-refractivity contribution in [3.8, 4) is 0 Å². The lowest BCUT2D eigenvalue weighted by atomic mass is 9.67. The maximum absolute atomic E-state index is 12.1. The van der Waals surface area contributed by atoms with Gasteiger partial charge in [0.2, 0.25) is 5.91 Å². The molecular weight excluding hydrogens is 366 g/mol. The van der Waals surface area contributed by atoms with Crippen molar-refractivity contribution in [2.24, 2.45) is 0 Å². The number of rotatable bonds is 2. The first-order chi connectivity index (χ1) is 14.0. The van der Waals surface area contributed by atoms with Crippen LogP contribution in [0.5, 0.6) is 0 Å². The van der Waals surface area contributed by atoms with Crippen LogP contribution in [-0.2, 0) is 14.9 Å². The first kappa shape index (κ1) is 20.2. The van der Waals surface area contributed by atoms with E-state index in [1.165, 1.54) is 5.56 Å². The molecule has 3 heterocycles. The number of benzene rings is 1. The van der Waals surface area contributed by atoms with Gasteiger partial charge in [-0.3, -0.25) is 4.79 Å². The number of carbonyl (C=O) groups excluding carboxylic acids is 2. The first-order valence-electron chi connectivity index (χ1n) is 11.1. The van der Waals surface area contributed by atoms with E-state index in [1.54, 1.807) is 6.92 Å². The standard InChI is InChI=1S/C23H33N3O3/c1-3-29-22(28)25-13-8-19(9-14-25)24-15-10-23(11-16-24)12-17-26(18(2)27)21-7-5-4-6-20(21)23/h4-7,19H,3,8-17H2,1-2H3. The highest BCUT2D eigenvalue weighted by molar-refractivity contribution is 5.93. The lowest BCUT2D eigenvalue weighted by Crippen LogP contribution is -2.53. The Morgan fingerprint density at radius 3 is 2.34 bits per heavy atom. The number of anilines is 1. The molecule has 3 aliphatic rings. The molecule has 0 aromatic heterocycles. The Hall–Kier alpha value is -2.08. The van der Waals surface area contributed by atoms with Crippen LogP contribution in [0.3, 0.4) is 0 Å². The van der Waals surface area contributed by atoms with Crippen molar-refractivity contribution in [3.05, 3.63) is 29.8 Å². The average Bonchev–Trinajstić information content (AvgIpc) is 2.75. The molecule has 0 unspecified atom stereocenters. The maximum Gasteiger partial charge on any atom is 0.409 e. The summed E-state index contributed by atoms with van der Waals surface area (Å²) in [6.07, 6.45) is 5.24. The summed E-state index contributed by atoms with van der Waals surface area (Å²) < 4.78 is 5.14. The van der Waals surface area contributed by atoms with Crippen molar-refractivity contribution >= 4 is 17.7 Å². The molecule has 0 aliphatic carbocycles. The summed E-state index contributed by atoms with van der Waals surface area (Å²) in [6, 6.07) is 9.06. The molecule has 3 aliphatic heterocycles. The van der Waals surface area contributed by atoms with Crippen molar-refractivity contribution < 1.29 is 14.3 Å². The zero-order valence-electron chi connectivity index (χ0n) is 17.7. The van der Waals surface area contributed by atoms with Crippen molar-refractivity contribution in [3.63, 3.8) is 0 Å². The van der Waals surface area contributed by atoms with E-state index < -0.39 is 0 Å². The van der Waals surface area contributed by atoms with Crippen LogP contribution in [-0.4, -0.2) is 67.2 Å². The molecule has 0 N–H and O–H groups in total. The van der Waals surface area contributed by atoms with Gasteiger partial charge in [0.1, 0.15) is 0 Å². The molecule has 0 saturated carbocycles. The number of ether oxygens (including phenoxy) is 1. The third-order valence-corrected chi connectivity index (χ3v) is 7.22. The number of nitrogens with zero attached hydrogens (tertiary/aromatic N) is 3. The second-order valence-corrected chi connectivity index (χ2v) is 8.67. The number of carbonyl (C=O) groups is 2. The molecule has 0 bridgehead atoms. The van der Waals surface area contributed by atoms with Gasteiger partial charge in [0.05, 0.1) is 6.61 Å². The van der Waals surface area contributed by atoms with Gasteiger partial charge in [-0.2, -0.15) is 0 Å². The topological polar surface area (TPSA) is 53.1 Å². The number of piperidine rings is 2. The predicted molar refractivity (Wildman–Crippen MR) is 113 cm³/mol. The molecular formula is C23H33N3O3. The van der Waals surface area contributed by atoms with Crippen LogP contribution in [0.25, 0.3) is 0 Å². The summed E-state index contributed by atoms with van der Waals surface area (Å²) in [7, 11) is 0. The van der Waals surface area contributed by atoms with Gasteiger partial charge in [-0.15, -0.1) is 0 Å². The lowest BCUT2D eigenvalue weighted by molar-refractivity contribution is -0.116. The highest BCUT2D eigenvalue weighted by atomic mass is 16.6. The fourth-order valence-electron chi connectivity index (χ4n) is 5.53. The Morgan fingerprint density at radius 2 is 1.69 bits per heavy atom. The number of fused-ring (bicyclic) bond motifs is 2. The van der Waals surface area contributed by atoms with Crippen molar-refractivity contribution in [1.29, 1.82) is 0 Å². The summed E-state index contributed by atoms with van der Waals surface area (Å²) in [5, 5.41) is 0. The average molecular weight is 400 g/mol. The predicted octanol–water partition coefficient (Wildman–Crippen LogP) is 3.40. The van der Waals surface area contributed by atoms with Gasteiger partial charge in [-0.1, -0.05) is 18.2 Å². The van der Waals surface area contributed by atoms with Crippen LogP contribution in [0.15, 0.2) is 24.3 Å². The second kappa shape index (κ2) is 8.34. The molecule has 158 valence electrons. The van der Waals surface area contributed by atoms with E-state index in [2.05, 4.69) is 23.1 Å². The minimum absolute atomic E-state index is 0.137. The molecule has 0 radical (unpaired) electrons. The normalized spacial score (nSPS) is 22.4. The SMILES string of the molecule is CCOC(=O)N1CCC(N2CCC3(CCN(C(C)=O)c4ccccc43)CC2)CC1. The minimum Gasteiger partial charge on any atom is -0.450 e. The Kier molecular flexibility index (Phi) is 5.81. The number of hydrogen-bond acceptors (Lipinski definition) is 4. The third-order valence-electron chi connectivity index (χ3n) is 7.22. The molecule has 2 amide bonds. The van der Waals surface area contributed by atoms with E-state index >= 15 is 0 Å². The smallest absolute Gasteiger partial charge is 0.409 e. The van der Waals surface area contributed by atoms with Gasteiger partial charge in [0, 0.05) is 43.7 Å². The molecule has 4 rings (SSSR count). The van der Waals surface area contributed by atoms with Gasteiger partial charge < -0.3 is 19.4 Å². The van der Waals surface area contributed by atoms with E-state index in [0.717, 1.165) is 70.5 Å². The molecule has 1 aromatic carbocycles. The van der Waals surface area contributed by atoms with E-state index in [9.17, 15) is 9.59 Å². The summed E-state index contributed by atoms with van der Waals surface area (Å²) in [4.78, 5) is 30.4. The Morgan fingerprint density at radius 1 is 1.03 bits per heavy atom. The van der Waals surface area contributed by atoms with Gasteiger partial charge in [0.25, 0.3) is 0 Å². The van der Waals surface area contributed by atoms with Crippen LogP contribution in [0.4, 0.5) is 10.5 Å². The number of hydrogen-bond donors (Lipinski definition) is 0. The second-order valence-electron chi connectivity index (χ2n) is 8.67. The molecule has 2 saturated heterocycles. The molecule has 6 heteroatoms. The number of para-hydroxylation sites is 1. The fourth-order valence-corrected chi connectivity index (χ4v) is 5.53. The van der Waals surface area contributed by atoms with Gasteiger partial charge >= 0.3 is 6.09 Å². The summed E-state index contributed by atoms with van der Waals surface area (Å²) in [5.74, 6) is 0.137. The van der Waals surface area contributed by atoms with Crippen molar-refractivity contribution in [1.82, 2.24) is 9.80 Å². The highest BCUT2D eigenvalue weighted by Crippen LogP contribution is 2.47. The summed E-state index contributed by atoms with van der Waals surface area (Å²) >= 11 is 0.